The largest absolute Gasteiger partial charge is 0.399 e. The minimum Gasteiger partial charge on any atom is -0.399 e. The van der Waals surface area contributed by atoms with Gasteiger partial charge < -0.3 is 10.6 Å². The van der Waals surface area contributed by atoms with E-state index < -0.39 is 0 Å². The fourth-order valence-corrected chi connectivity index (χ4v) is 3.26. The number of aryl methyl sites for hydroxylation is 2. The van der Waals surface area contributed by atoms with E-state index in [9.17, 15) is 0 Å². The molecule has 0 radical (unpaired) electrons. The van der Waals surface area contributed by atoms with Gasteiger partial charge in [-0.25, -0.2) is 0 Å². The summed E-state index contributed by atoms with van der Waals surface area (Å²) in [7, 11) is 0. The quantitative estimate of drug-likeness (QED) is 0.832. The molecule has 1 aliphatic heterocycles. The number of fused-ring (bicyclic) bond motifs is 1. The highest BCUT2D eigenvalue weighted by molar-refractivity contribution is 9.10. The highest BCUT2D eigenvalue weighted by Gasteiger charge is 2.17. The molecule has 3 rings (SSSR count). The summed E-state index contributed by atoms with van der Waals surface area (Å²) in [5.41, 5.74) is 12.2. The van der Waals surface area contributed by atoms with Crippen LogP contribution in [0.2, 0.25) is 0 Å². The first-order valence-electron chi connectivity index (χ1n) is 7.02. The summed E-state index contributed by atoms with van der Waals surface area (Å²) < 4.78 is 1.13. The molecule has 1 heterocycles. The van der Waals surface area contributed by atoms with Gasteiger partial charge in [0.15, 0.2) is 0 Å². The number of rotatable bonds is 2. The Morgan fingerprint density at radius 1 is 1.20 bits per heavy atom. The number of halogens is 1. The Balaban J connectivity index is 1.91. The molecule has 2 aromatic carbocycles. The molecular formula is C17H19BrN2. The summed E-state index contributed by atoms with van der Waals surface area (Å²) in [6.07, 6.45) is 2.40. The summed E-state index contributed by atoms with van der Waals surface area (Å²) in [5.74, 6) is 0. The van der Waals surface area contributed by atoms with Gasteiger partial charge in [0.05, 0.1) is 0 Å². The monoisotopic (exact) mass is 330 g/mol. The lowest BCUT2D eigenvalue weighted by molar-refractivity contribution is 0.690. The Hall–Kier alpha value is -1.48. The predicted molar refractivity (Wildman–Crippen MR) is 89.1 cm³/mol. The van der Waals surface area contributed by atoms with Gasteiger partial charge in [0.25, 0.3) is 0 Å². The molecule has 2 nitrogen and oxygen atoms in total. The first kappa shape index (κ1) is 13.5. The van der Waals surface area contributed by atoms with E-state index in [1.54, 1.807) is 0 Å². The number of hydrogen-bond donors (Lipinski definition) is 1. The molecule has 2 N–H and O–H groups in total. The second kappa shape index (κ2) is 5.49. The van der Waals surface area contributed by atoms with Gasteiger partial charge in [-0.1, -0.05) is 33.6 Å². The van der Waals surface area contributed by atoms with Gasteiger partial charge >= 0.3 is 0 Å². The Kier molecular flexibility index (Phi) is 3.70. The van der Waals surface area contributed by atoms with Crippen LogP contribution in [0.15, 0.2) is 40.9 Å². The van der Waals surface area contributed by atoms with Crippen molar-refractivity contribution in [2.24, 2.45) is 0 Å². The summed E-state index contributed by atoms with van der Waals surface area (Å²) in [5, 5.41) is 0. The van der Waals surface area contributed by atoms with E-state index in [2.05, 4.69) is 52.0 Å². The first-order valence-corrected chi connectivity index (χ1v) is 7.81. The summed E-state index contributed by atoms with van der Waals surface area (Å²) >= 11 is 3.63. The Labute approximate surface area is 128 Å². The third-order valence-electron chi connectivity index (χ3n) is 3.88. The van der Waals surface area contributed by atoms with Crippen LogP contribution in [-0.2, 0) is 13.0 Å². The molecule has 0 aliphatic carbocycles. The molecule has 0 fully saturated rings. The number of hydrogen-bond acceptors (Lipinski definition) is 2. The minimum atomic E-state index is 0.823. The molecule has 1 aliphatic rings. The van der Waals surface area contributed by atoms with Gasteiger partial charge in [-0.2, -0.15) is 0 Å². The van der Waals surface area contributed by atoms with Gasteiger partial charge in [0, 0.05) is 28.9 Å². The Morgan fingerprint density at radius 2 is 2.05 bits per heavy atom. The molecular weight excluding hydrogens is 312 g/mol. The lowest BCUT2D eigenvalue weighted by Gasteiger charge is -2.32. The first-order chi connectivity index (χ1) is 9.63. The Morgan fingerprint density at radius 3 is 2.90 bits per heavy atom. The van der Waals surface area contributed by atoms with E-state index in [4.69, 9.17) is 5.73 Å². The number of anilines is 2. The molecule has 0 saturated carbocycles. The zero-order chi connectivity index (χ0) is 14.1. The maximum Gasteiger partial charge on any atom is 0.0441 e. The normalized spacial score (nSPS) is 14.2. The minimum absolute atomic E-state index is 0.823. The second-order valence-electron chi connectivity index (χ2n) is 5.51. The third-order valence-corrected chi connectivity index (χ3v) is 4.65. The molecule has 0 amide bonds. The standard InChI is InChI=1S/C17H19BrN2/c1-12-4-7-17-13(9-12)3-2-8-20(17)11-14-10-15(19)5-6-16(14)18/h4-7,9-10H,2-3,8,11,19H2,1H3. The zero-order valence-electron chi connectivity index (χ0n) is 11.7. The smallest absolute Gasteiger partial charge is 0.0441 e. The van der Waals surface area contributed by atoms with Crippen molar-refractivity contribution in [3.8, 4) is 0 Å². The molecule has 0 atom stereocenters. The number of nitrogens with zero attached hydrogens (tertiary/aromatic N) is 1. The van der Waals surface area contributed by atoms with Crippen LogP contribution in [0.3, 0.4) is 0 Å². The van der Waals surface area contributed by atoms with Crippen molar-refractivity contribution < 1.29 is 0 Å². The third kappa shape index (κ3) is 2.68. The van der Waals surface area contributed by atoms with Crippen molar-refractivity contribution in [1.82, 2.24) is 0 Å². The van der Waals surface area contributed by atoms with E-state index in [-0.39, 0.29) is 0 Å². The van der Waals surface area contributed by atoms with Crippen molar-refractivity contribution in [3.63, 3.8) is 0 Å². The van der Waals surface area contributed by atoms with Gasteiger partial charge in [-0.05, 0) is 55.2 Å². The van der Waals surface area contributed by atoms with Crippen LogP contribution in [0, 0.1) is 6.92 Å². The summed E-state index contributed by atoms with van der Waals surface area (Å²) in [6, 6.07) is 12.8. The number of nitrogen functional groups attached to an aromatic ring is 1. The van der Waals surface area contributed by atoms with Crippen molar-refractivity contribution in [1.29, 1.82) is 0 Å². The molecule has 0 spiro atoms. The molecule has 2 aromatic rings. The van der Waals surface area contributed by atoms with Crippen molar-refractivity contribution >= 4 is 27.3 Å². The average molecular weight is 331 g/mol. The van der Waals surface area contributed by atoms with E-state index in [0.29, 0.717) is 0 Å². The van der Waals surface area contributed by atoms with Crippen LogP contribution in [0.4, 0.5) is 11.4 Å². The molecule has 20 heavy (non-hydrogen) atoms. The van der Waals surface area contributed by atoms with Gasteiger partial charge in [-0.3, -0.25) is 0 Å². The summed E-state index contributed by atoms with van der Waals surface area (Å²) in [6.45, 7) is 4.17. The van der Waals surface area contributed by atoms with Gasteiger partial charge in [0.1, 0.15) is 0 Å². The van der Waals surface area contributed by atoms with Crippen molar-refractivity contribution in [2.75, 3.05) is 17.2 Å². The van der Waals surface area contributed by atoms with Crippen LogP contribution in [0.1, 0.15) is 23.1 Å². The molecule has 0 unspecified atom stereocenters. The predicted octanol–water partition coefficient (Wildman–Crippen LogP) is 4.29. The van der Waals surface area contributed by atoms with E-state index >= 15 is 0 Å². The highest BCUT2D eigenvalue weighted by atomic mass is 79.9. The zero-order valence-corrected chi connectivity index (χ0v) is 13.3. The van der Waals surface area contributed by atoms with Crippen LogP contribution < -0.4 is 10.6 Å². The maximum absolute atomic E-state index is 5.91. The van der Waals surface area contributed by atoms with E-state index in [1.807, 2.05) is 12.1 Å². The van der Waals surface area contributed by atoms with Crippen LogP contribution in [0.5, 0.6) is 0 Å². The van der Waals surface area contributed by atoms with Crippen LogP contribution in [0.25, 0.3) is 0 Å². The molecule has 3 heteroatoms. The van der Waals surface area contributed by atoms with Gasteiger partial charge in [-0.15, -0.1) is 0 Å². The van der Waals surface area contributed by atoms with Crippen LogP contribution >= 0.6 is 15.9 Å². The molecule has 0 aromatic heterocycles. The van der Waals surface area contributed by atoms with Gasteiger partial charge in [0.2, 0.25) is 0 Å². The second-order valence-corrected chi connectivity index (χ2v) is 6.36. The summed E-state index contributed by atoms with van der Waals surface area (Å²) in [4.78, 5) is 2.46. The molecule has 104 valence electrons. The maximum atomic E-state index is 5.91. The Bertz CT molecular complexity index is 637. The van der Waals surface area contributed by atoms with E-state index in [1.165, 1.54) is 35.2 Å². The fraction of sp³-hybridized carbons (Fsp3) is 0.294. The average Bonchev–Trinajstić information content (AvgIpc) is 2.43. The number of nitrogens with two attached hydrogens (primary N) is 1. The van der Waals surface area contributed by atoms with Crippen LogP contribution in [-0.4, -0.2) is 6.54 Å². The lowest BCUT2D eigenvalue weighted by atomic mass is 9.99. The highest BCUT2D eigenvalue weighted by Crippen LogP contribution is 2.31. The number of benzene rings is 2. The topological polar surface area (TPSA) is 29.3 Å². The lowest BCUT2D eigenvalue weighted by Crippen LogP contribution is -2.29. The SMILES string of the molecule is Cc1ccc2c(c1)CCCN2Cc1cc(N)ccc1Br. The van der Waals surface area contributed by atoms with Crippen molar-refractivity contribution in [2.45, 2.75) is 26.3 Å². The molecule has 0 bridgehead atoms. The van der Waals surface area contributed by atoms with E-state index in [0.717, 1.165) is 23.2 Å². The van der Waals surface area contributed by atoms with Crippen molar-refractivity contribution in [3.05, 3.63) is 57.6 Å². The fourth-order valence-electron chi connectivity index (χ4n) is 2.89. The molecule has 0 saturated heterocycles.